The van der Waals surface area contributed by atoms with Crippen LogP contribution < -0.4 is 5.32 Å². The van der Waals surface area contributed by atoms with Crippen LogP contribution in [0.4, 0.5) is 4.79 Å². The lowest BCUT2D eigenvalue weighted by Crippen LogP contribution is -2.51. The van der Waals surface area contributed by atoms with Crippen LogP contribution in [-0.2, 0) is 0 Å². The number of aromatic amines is 1. The Bertz CT molecular complexity index is 1370. The maximum Gasteiger partial charge on any atom is 0.318 e. The number of urea groups is 1. The van der Waals surface area contributed by atoms with Crippen molar-refractivity contribution in [1.82, 2.24) is 30.0 Å². The summed E-state index contributed by atoms with van der Waals surface area (Å²) in [6.45, 7) is 6.15. The van der Waals surface area contributed by atoms with Crippen molar-refractivity contribution in [3.8, 4) is 11.1 Å². The van der Waals surface area contributed by atoms with Crippen molar-refractivity contribution in [1.29, 1.82) is 0 Å². The molecule has 0 bridgehead atoms. The van der Waals surface area contributed by atoms with E-state index >= 15 is 0 Å². The topological polar surface area (TPSA) is 84.6 Å². The highest BCUT2D eigenvalue weighted by atomic mass is 16.2. The monoisotopic (exact) mass is 512 g/mol. The van der Waals surface area contributed by atoms with Crippen molar-refractivity contribution in [2.75, 3.05) is 39.8 Å². The Kier molecular flexibility index (Phi) is 6.66. The van der Waals surface area contributed by atoms with E-state index in [1.54, 1.807) is 0 Å². The van der Waals surface area contributed by atoms with Crippen molar-refractivity contribution in [3.05, 3.63) is 59.9 Å². The number of piperazine rings is 1. The Morgan fingerprint density at radius 3 is 2.47 bits per heavy atom. The normalized spacial score (nSPS) is 20.8. The Morgan fingerprint density at radius 2 is 1.79 bits per heavy atom. The average Bonchev–Trinajstić information content (AvgIpc) is 3.34. The molecule has 198 valence electrons. The lowest BCUT2D eigenvalue weighted by atomic mass is 9.93. The second-order valence-electron chi connectivity index (χ2n) is 10.9. The highest BCUT2D eigenvalue weighted by Gasteiger charge is 2.28. The fraction of sp³-hybridized carbons (Fsp3) is 0.433. The molecule has 2 N–H and O–H groups in total. The molecule has 3 aromatic rings. The fourth-order valence-electron chi connectivity index (χ4n) is 5.65. The predicted octanol–water partition coefficient (Wildman–Crippen LogP) is 4.36. The molecule has 4 heterocycles. The molecule has 6 rings (SSSR count). The third-order valence-electron chi connectivity index (χ3n) is 8.38. The first-order chi connectivity index (χ1) is 18.5. The molecule has 1 unspecified atom stereocenters. The number of hydrogen-bond donors (Lipinski definition) is 2. The van der Waals surface area contributed by atoms with E-state index in [4.69, 9.17) is 0 Å². The van der Waals surface area contributed by atoms with Crippen LogP contribution >= 0.6 is 0 Å². The third kappa shape index (κ3) is 4.80. The summed E-state index contributed by atoms with van der Waals surface area (Å²) in [4.78, 5) is 39.8. The molecule has 0 radical (unpaired) electrons. The lowest BCUT2D eigenvalue weighted by molar-refractivity contribution is 0.0664. The first kappa shape index (κ1) is 24.7. The fourth-order valence-corrected chi connectivity index (χ4v) is 5.65. The Morgan fingerprint density at radius 1 is 1.03 bits per heavy atom. The van der Waals surface area contributed by atoms with Gasteiger partial charge in [0.05, 0.1) is 0 Å². The summed E-state index contributed by atoms with van der Waals surface area (Å²) in [5.74, 6) is 0.0971. The molecule has 1 saturated carbocycles. The Hall–Kier alpha value is -3.65. The van der Waals surface area contributed by atoms with E-state index in [9.17, 15) is 9.59 Å². The predicted molar refractivity (Wildman–Crippen MR) is 150 cm³/mol. The van der Waals surface area contributed by atoms with E-state index in [1.807, 2.05) is 46.5 Å². The number of fused-ring (bicyclic) bond motifs is 1. The molecule has 2 aliphatic heterocycles. The van der Waals surface area contributed by atoms with E-state index in [0.29, 0.717) is 12.6 Å². The molecular weight excluding hydrogens is 476 g/mol. The number of pyridine rings is 1. The first-order valence-electron chi connectivity index (χ1n) is 13.8. The molecule has 1 saturated heterocycles. The highest BCUT2D eigenvalue weighted by molar-refractivity contribution is 5.96. The van der Waals surface area contributed by atoms with E-state index < -0.39 is 0 Å². The van der Waals surface area contributed by atoms with Gasteiger partial charge in [0.1, 0.15) is 5.65 Å². The van der Waals surface area contributed by atoms with Crippen LogP contribution in [0.5, 0.6) is 0 Å². The summed E-state index contributed by atoms with van der Waals surface area (Å²) in [6.07, 6.45) is 10.3. The van der Waals surface area contributed by atoms with Gasteiger partial charge in [0, 0.05) is 79.3 Å². The number of carbonyl (C=O) groups excluding carboxylic acids is 2. The van der Waals surface area contributed by atoms with E-state index in [-0.39, 0.29) is 18.0 Å². The van der Waals surface area contributed by atoms with Gasteiger partial charge in [0.25, 0.3) is 5.91 Å². The standard InChI is InChI=1S/C30H36N6O2/c1-20-16-23(10-11-36(20)30(38)33-25-4-3-5-25)27-19-32-28-26(27)17-24(18-31-28)21-6-8-22(9-7-21)29(37)35-14-12-34(2)13-15-35/h6-9,16-20,25H,3-5,10-15H2,1-2H3,(H,31,32)(H,33,38). The first-order valence-corrected chi connectivity index (χ1v) is 13.8. The van der Waals surface area contributed by atoms with Gasteiger partial charge >= 0.3 is 6.03 Å². The quantitative estimate of drug-likeness (QED) is 0.544. The van der Waals surface area contributed by atoms with Crippen LogP contribution in [0.1, 0.15) is 48.5 Å². The maximum atomic E-state index is 12.9. The number of rotatable bonds is 4. The minimum absolute atomic E-state index is 0.0327. The van der Waals surface area contributed by atoms with Gasteiger partial charge in [0.2, 0.25) is 0 Å². The second kappa shape index (κ2) is 10.3. The Labute approximate surface area is 223 Å². The van der Waals surface area contributed by atoms with Gasteiger partial charge in [-0.25, -0.2) is 9.78 Å². The molecule has 3 amide bonds. The number of nitrogens with zero attached hydrogens (tertiary/aromatic N) is 4. The van der Waals surface area contributed by atoms with E-state index in [1.165, 1.54) is 12.0 Å². The van der Waals surface area contributed by atoms with Crippen LogP contribution in [-0.4, -0.2) is 88.5 Å². The van der Waals surface area contributed by atoms with Crippen molar-refractivity contribution >= 4 is 28.5 Å². The number of hydrogen-bond acceptors (Lipinski definition) is 4. The highest BCUT2D eigenvalue weighted by Crippen LogP contribution is 2.33. The van der Waals surface area contributed by atoms with Gasteiger partial charge in [-0.05, 0) is 69.0 Å². The number of nitrogens with one attached hydrogen (secondary N) is 2. The van der Waals surface area contributed by atoms with Gasteiger partial charge in [-0.3, -0.25) is 4.79 Å². The maximum absolute atomic E-state index is 12.9. The average molecular weight is 513 g/mol. The zero-order chi connectivity index (χ0) is 26.2. The summed E-state index contributed by atoms with van der Waals surface area (Å²) in [5.41, 5.74) is 6.01. The van der Waals surface area contributed by atoms with Crippen LogP contribution in [0.15, 0.2) is 48.8 Å². The molecule has 8 nitrogen and oxygen atoms in total. The number of H-pyrrole nitrogens is 1. The number of likely N-dealkylation sites (N-methyl/N-ethyl adjacent to an activating group) is 1. The molecule has 3 aliphatic rings. The molecule has 38 heavy (non-hydrogen) atoms. The number of aromatic nitrogens is 2. The van der Waals surface area contributed by atoms with Gasteiger partial charge in [-0.15, -0.1) is 0 Å². The van der Waals surface area contributed by atoms with Crippen LogP contribution in [0.2, 0.25) is 0 Å². The Balaban J connectivity index is 1.19. The van der Waals surface area contributed by atoms with Gasteiger partial charge in [-0.1, -0.05) is 18.2 Å². The summed E-state index contributed by atoms with van der Waals surface area (Å²) in [7, 11) is 2.09. The summed E-state index contributed by atoms with van der Waals surface area (Å²) in [6, 6.07) is 10.5. The van der Waals surface area contributed by atoms with Crippen LogP contribution in [0.25, 0.3) is 27.7 Å². The number of benzene rings is 1. The number of carbonyl (C=O) groups is 2. The zero-order valence-electron chi connectivity index (χ0n) is 22.2. The molecule has 0 spiro atoms. The van der Waals surface area contributed by atoms with Crippen molar-refractivity contribution in [2.24, 2.45) is 0 Å². The molecule has 1 aromatic carbocycles. The van der Waals surface area contributed by atoms with Crippen molar-refractivity contribution in [3.63, 3.8) is 0 Å². The van der Waals surface area contributed by atoms with Crippen molar-refractivity contribution in [2.45, 2.75) is 44.7 Å². The van der Waals surface area contributed by atoms with Gasteiger partial charge in [0.15, 0.2) is 0 Å². The third-order valence-corrected chi connectivity index (χ3v) is 8.38. The zero-order valence-corrected chi connectivity index (χ0v) is 22.2. The summed E-state index contributed by atoms with van der Waals surface area (Å²) in [5, 5.41) is 4.24. The summed E-state index contributed by atoms with van der Waals surface area (Å²) >= 11 is 0. The molecule has 2 fully saturated rings. The SMILES string of the molecule is CC1C=C(c2c[nH]c3ncc(-c4ccc(C(=O)N5CCN(C)CC5)cc4)cc23)CCN1C(=O)NC1CCC1. The summed E-state index contributed by atoms with van der Waals surface area (Å²) < 4.78 is 0. The second-order valence-corrected chi connectivity index (χ2v) is 10.9. The van der Waals surface area contributed by atoms with Gasteiger partial charge < -0.3 is 25.0 Å². The minimum Gasteiger partial charge on any atom is -0.346 e. The molecule has 2 aromatic heterocycles. The van der Waals surface area contributed by atoms with E-state index in [0.717, 1.165) is 78.7 Å². The number of amides is 3. The van der Waals surface area contributed by atoms with Crippen LogP contribution in [0, 0.1) is 0 Å². The van der Waals surface area contributed by atoms with Crippen molar-refractivity contribution < 1.29 is 9.59 Å². The molecule has 1 aliphatic carbocycles. The van der Waals surface area contributed by atoms with Gasteiger partial charge in [-0.2, -0.15) is 0 Å². The molecular formula is C30H36N6O2. The molecule has 1 atom stereocenters. The minimum atomic E-state index is 0.0327. The smallest absolute Gasteiger partial charge is 0.318 e. The largest absolute Gasteiger partial charge is 0.346 e. The molecule has 8 heteroatoms. The lowest BCUT2D eigenvalue weighted by Gasteiger charge is -2.35. The van der Waals surface area contributed by atoms with Crippen LogP contribution in [0.3, 0.4) is 0 Å². The van der Waals surface area contributed by atoms with E-state index in [2.05, 4.69) is 46.3 Å².